The first kappa shape index (κ1) is 23.5. The summed E-state index contributed by atoms with van der Waals surface area (Å²) in [5.74, 6) is 1.49. The van der Waals surface area contributed by atoms with Gasteiger partial charge in [0, 0.05) is 63.1 Å². The van der Waals surface area contributed by atoms with Crippen molar-refractivity contribution in [1.82, 2.24) is 24.9 Å². The number of methoxy groups -OCH3 is 1. The van der Waals surface area contributed by atoms with Crippen molar-refractivity contribution in [2.75, 3.05) is 60.0 Å². The molecule has 172 valence electrons. The van der Waals surface area contributed by atoms with E-state index in [4.69, 9.17) is 9.47 Å². The Bertz CT molecular complexity index is 818. The number of piperazine rings is 1. The quantitative estimate of drug-likeness (QED) is 0.519. The van der Waals surface area contributed by atoms with Gasteiger partial charge in [0.05, 0.1) is 19.3 Å². The lowest BCUT2D eigenvalue weighted by molar-refractivity contribution is 0.0501. The summed E-state index contributed by atoms with van der Waals surface area (Å²) in [6.45, 7) is 11.3. The summed E-state index contributed by atoms with van der Waals surface area (Å²) in [4.78, 5) is 4.60. The smallest absolute Gasteiger partial charge is 0.127 e. The lowest BCUT2D eigenvalue weighted by Crippen LogP contribution is -2.47. The lowest BCUT2D eigenvalue weighted by atomic mass is 10.2. The Hall–Kier alpha value is -2.13. The fourth-order valence-electron chi connectivity index (χ4n) is 3.82. The molecule has 0 bridgehead atoms. The van der Waals surface area contributed by atoms with E-state index in [2.05, 4.69) is 40.3 Å². The van der Waals surface area contributed by atoms with Crippen LogP contribution >= 0.6 is 0 Å². The fraction of sp³-hybridized carbons (Fsp3) is 0.609. The number of ether oxygens (including phenoxy) is 2. The minimum Gasteiger partial charge on any atom is -0.497 e. The number of aliphatic hydroxyl groups is 1. The molecule has 1 fully saturated rings. The highest BCUT2D eigenvalue weighted by Crippen LogP contribution is 2.25. The maximum absolute atomic E-state index is 10.5. The fourth-order valence-corrected chi connectivity index (χ4v) is 3.82. The van der Waals surface area contributed by atoms with Crippen molar-refractivity contribution in [2.24, 2.45) is 0 Å². The Morgan fingerprint density at radius 1 is 1.16 bits per heavy atom. The molecule has 31 heavy (non-hydrogen) atoms. The van der Waals surface area contributed by atoms with E-state index in [9.17, 15) is 5.11 Å². The van der Waals surface area contributed by atoms with E-state index in [1.54, 1.807) is 7.11 Å². The van der Waals surface area contributed by atoms with Gasteiger partial charge in [-0.05, 0) is 33.0 Å². The number of aliphatic hydroxyl groups excluding tert-OH is 1. The van der Waals surface area contributed by atoms with Crippen LogP contribution < -0.4 is 14.8 Å². The summed E-state index contributed by atoms with van der Waals surface area (Å²) in [5.41, 5.74) is 3.25. The summed E-state index contributed by atoms with van der Waals surface area (Å²) in [6.07, 6.45) is -0.526. The molecular weight excluding hydrogens is 394 g/mol. The summed E-state index contributed by atoms with van der Waals surface area (Å²) >= 11 is 0. The van der Waals surface area contributed by atoms with Crippen LogP contribution in [-0.4, -0.2) is 90.8 Å². The number of hydrogen-bond donors (Lipinski definition) is 2. The van der Waals surface area contributed by atoms with Crippen LogP contribution in [0.5, 0.6) is 11.5 Å². The average Bonchev–Trinajstić information content (AvgIpc) is 3.08. The van der Waals surface area contributed by atoms with Gasteiger partial charge in [0.15, 0.2) is 0 Å². The van der Waals surface area contributed by atoms with Gasteiger partial charge in [-0.25, -0.2) is 0 Å². The molecule has 3 rings (SSSR count). The van der Waals surface area contributed by atoms with Crippen LogP contribution in [0.3, 0.4) is 0 Å². The molecule has 1 aromatic heterocycles. The topological polar surface area (TPSA) is 75.0 Å². The minimum atomic E-state index is -0.526. The van der Waals surface area contributed by atoms with Gasteiger partial charge in [-0.15, -0.1) is 0 Å². The number of benzene rings is 1. The van der Waals surface area contributed by atoms with Crippen molar-refractivity contribution in [3.05, 3.63) is 41.2 Å². The monoisotopic (exact) mass is 431 g/mol. The number of rotatable bonds is 11. The molecular formula is C23H37N5O3. The van der Waals surface area contributed by atoms with E-state index in [0.29, 0.717) is 13.1 Å². The summed E-state index contributed by atoms with van der Waals surface area (Å²) in [6, 6.07) is 7.92. The molecule has 0 unspecified atom stereocenters. The van der Waals surface area contributed by atoms with Crippen LogP contribution in [0, 0.1) is 13.8 Å². The molecule has 1 atom stereocenters. The number of β-amino-alcohol motifs (C(OH)–C–C–N with tert-alkyl or cyclic N) is 1. The molecule has 1 aliphatic rings. The van der Waals surface area contributed by atoms with Gasteiger partial charge in [0.2, 0.25) is 0 Å². The average molecular weight is 432 g/mol. The van der Waals surface area contributed by atoms with Gasteiger partial charge in [0.25, 0.3) is 0 Å². The normalized spacial score (nSPS) is 16.4. The number of aryl methyl sites for hydroxylation is 2. The van der Waals surface area contributed by atoms with Crippen molar-refractivity contribution in [1.29, 1.82) is 0 Å². The number of nitrogens with zero attached hydrogens (tertiary/aromatic N) is 4. The zero-order valence-corrected chi connectivity index (χ0v) is 19.3. The van der Waals surface area contributed by atoms with E-state index in [1.807, 2.05) is 29.8 Å². The van der Waals surface area contributed by atoms with E-state index in [0.717, 1.165) is 62.0 Å². The van der Waals surface area contributed by atoms with Gasteiger partial charge >= 0.3 is 0 Å². The second-order valence-corrected chi connectivity index (χ2v) is 8.37. The molecule has 8 heteroatoms. The molecule has 1 aliphatic heterocycles. The Morgan fingerprint density at radius 2 is 1.94 bits per heavy atom. The maximum Gasteiger partial charge on any atom is 0.127 e. The Labute approximate surface area is 185 Å². The minimum absolute atomic E-state index is 0.262. The molecule has 0 spiro atoms. The second-order valence-electron chi connectivity index (χ2n) is 8.37. The maximum atomic E-state index is 10.5. The zero-order chi connectivity index (χ0) is 22.2. The Kier molecular flexibility index (Phi) is 8.71. The third-order valence-electron chi connectivity index (χ3n) is 5.69. The summed E-state index contributed by atoms with van der Waals surface area (Å²) in [7, 11) is 3.78. The molecule has 0 aliphatic carbocycles. The van der Waals surface area contributed by atoms with Gasteiger partial charge in [0.1, 0.15) is 24.2 Å². The number of hydrogen-bond acceptors (Lipinski definition) is 7. The van der Waals surface area contributed by atoms with Crippen LogP contribution in [0.1, 0.15) is 17.0 Å². The lowest BCUT2D eigenvalue weighted by Gasteiger charge is -2.33. The van der Waals surface area contributed by atoms with Gasteiger partial charge in [-0.1, -0.05) is 6.07 Å². The molecule has 1 aromatic carbocycles. The highest BCUT2D eigenvalue weighted by Gasteiger charge is 2.18. The molecule has 0 saturated carbocycles. The van der Waals surface area contributed by atoms with Crippen LogP contribution in [0.15, 0.2) is 24.3 Å². The standard InChI is InChI=1S/C23H37N5O3/c1-18-13-19(2)28(25-18)8-7-24-15-20-5-6-22(30-4)14-23(20)31-17-21(29)16-27-11-9-26(3)10-12-27/h5-6,13-14,21,24,29H,7-12,15-17H2,1-4H3/t21-/m0/s1. The number of aromatic nitrogens is 2. The first-order valence-electron chi connectivity index (χ1n) is 11.0. The predicted octanol–water partition coefficient (Wildman–Crippen LogP) is 1.29. The highest BCUT2D eigenvalue weighted by atomic mass is 16.5. The third-order valence-corrected chi connectivity index (χ3v) is 5.69. The van der Waals surface area contributed by atoms with E-state index < -0.39 is 6.10 Å². The second kappa shape index (κ2) is 11.5. The van der Waals surface area contributed by atoms with Crippen LogP contribution in [-0.2, 0) is 13.1 Å². The van der Waals surface area contributed by atoms with Crippen molar-refractivity contribution in [3.63, 3.8) is 0 Å². The van der Waals surface area contributed by atoms with E-state index >= 15 is 0 Å². The molecule has 0 amide bonds. The Morgan fingerprint density at radius 3 is 2.61 bits per heavy atom. The van der Waals surface area contributed by atoms with Crippen molar-refractivity contribution in [3.8, 4) is 11.5 Å². The van der Waals surface area contributed by atoms with Crippen molar-refractivity contribution in [2.45, 2.75) is 33.0 Å². The van der Waals surface area contributed by atoms with Crippen LogP contribution in [0.25, 0.3) is 0 Å². The zero-order valence-electron chi connectivity index (χ0n) is 19.3. The van der Waals surface area contributed by atoms with E-state index in [-0.39, 0.29) is 6.61 Å². The van der Waals surface area contributed by atoms with Crippen molar-refractivity contribution >= 4 is 0 Å². The molecule has 1 saturated heterocycles. The number of likely N-dealkylation sites (N-methyl/N-ethyl adjacent to an activating group) is 1. The summed E-state index contributed by atoms with van der Waals surface area (Å²) < 4.78 is 13.4. The third kappa shape index (κ3) is 7.21. The SMILES string of the molecule is COc1ccc(CNCCn2nc(C)cc2C)c(OC[C@@H](O)CN2CCN(C)CC2)c1. The Balaban J connectivity index is 1.49. The first-order valence-corrected chi connectivity index (χ1v) is 11.0. The van der Waals surface area contributed by atoms with Gasteiger partial charge in [-0.3, -0.25) is 9.58 Å². The molecule has 2 heterocycles. The molecule has 8 nitrogen and oxygen atoms in total. The van der Waals surface area contributed by atoms with Gasteiger partial charge in [-0.2, -0.15) is 5.10 Å². The molecule has 0 radical (unpaired) electrons. The van der Waals surface area contributed by atoms with E-state index in [1.165, 1.54) is 5.69 Å². The first-order chi connectivity index (χ1) is 14.9. The van der Waals surface area contributed by atoms with Crippen LogP contribution in [0.2, 0.25) is 0 Å². The predicted molar refractivity (Wildman–Crippen MR) is 122 cm³/mol. The molecule has 2 N–H and O–H groups in total. The summed E-state index contributed by atoms with van der Waals surface area (Å²) in [5, 5.41) is 18.4. The molecule has 2 aromatic rings. The highest BCUT2D eigenvalue weighted by molar-refractivity contribution is 5.40. The van der Waals surface area contributed by atoms with Crippen molar-refractivity contribution < 1.29 is 14.6 Å². The van der Waals surface area contributed by atoms with Crippen LogP contribution in [0.4, 0.5) is 0 Å². The van der Waals surface area contributed by atoms with Gasteiger partial charge < -0.3 is 24.8 Å². The largest absolute Gasteiger partial charge is 0.497 e. The number of nitrogens with one attached hydrogen (secondary N) is 1.